The van der Waals surface area contributed by atoms with Crippen LogP contribution in [0.1, 0.15) is 39.2 Å². The number of pyridine rings is 1. The van der Waals surface area contributed by atoms with E-state index in [-0.39, 0.29) is 12.1 Å². The van der Waals surface area contributed by atoms with Gasteiger partial charge in [0.1, 0.15) is 10.8 Å². The van der Waals surface area contributed by atoms with Gasteiger partial charge in [-0.25, -0.2) is 9.78 Å². The number of nitrogens with one attached hydrogen (secondary N) is 1. The first kappa shape index (κ1) is 17.0. The van der Waals surface area contributed by atoms with Gasteiger partial charge in [0.05, 0.1) is 0 Å². The second-order valence-corrected chi connectivity index (χ2v) is 6.98. The smallest absolute Gasteiger partial charge is 0.410 e. The standard InChI is InChI=1S/C16H24ClN3O2/c1-16(2,3)22-15(21)20-8-4-5-13(20)11-18-9-12-6-7-14(17)19-10-12/h6-7,10,13,18H,4-5,8-9,11H2,1-3H3/t13-/m1/s1. The van der Waals surface area contributed by atoms with E-state index in [0.717, 1.165) is 31.5 Å². The van der Waals surface area contributed by atoms with E-state index in [1.54, 1.807) is 12.3 Å². The minimum atomic E-state index is -0.452. The first-order valence-electron chi connectivity index (χ1n) is 7.66. The predicted octanol–water partition coefficient (Wildman–Crippen LogP) is 3.22. The van der Waals surface area contributed by atoms with Crippen LogP contribution in [-0.2, 0) is 11.3 Å². The zero-order chi connectivity index (χ0) is 16.2. The molecule has 2 heterocycles. The quantitative estimate of drug-likeness (QED) is 0.864. The molecule has 2 rings (SSSR count). The van der Waals surface area contributed by atoms with Crippen molar-refractivity contribution >= 4 is 17.7 Å². The molecule has 5 nitrogen and oxygen atoms in total. The summed E-state index contributed by atoms with van der Waals surface area (Å²) < 4.78 is 5.46. The van der Waals surface area contributed by atoms with Gasteiger partial charge in [-0.05, 0) is 45.2 Å². The highest BCUT2D eigenvalue weighted by Crippen LogP contribution is 2.20. The van der Waals surface area contributed by atoms with Crippen molar-refractivity contribution in [3.63, 3.8) is 0 Å². The Labute approximate surface area is 137 Å². The van der Waals surface area contributed by atoms with Crippen LogP contribution in [0.2, 0.25) is 5.15 Å². The summed E-state index contributed by atoms with van der Waals surface area (Å²) in [4.78, 5) is 18.1. The Hall–Kier alpha value is -1.33. The van der Waals surface area contributed by atoms with Gasteiger partial charge in [-0.2, -0.15) is 0 Å². The maximum atomic E-state index is 12.2. The first-order chi connectivity index (χ1) is 10.3. The zero-order valence-electron chi connectivity index (χ0n) is 13.4. The molecule has 1 aromatic rings. The molecule has 0 aliphatic carbocycles. The third kappa shape index (κ3) is 5.14. The number of ether oxygens (including phenoxy) is 1. The molecule has 1 aliphatic rings. The van der Waals surface area contributed by atoms with E-state index >= 15 is 0 Å². The lowest BCUT2D eigenvalue weighted by atomic mass is 10.2. The summed E-state index contributed by atoms with van der Waals surface area (Å²) in [6, 6.07) is 3.92. The van der Waals surface area contributed by atoms with Crippen LogP contribution in [0, 0.1) is 0 Å². The van der Waals surface area contributed by atoms with Gasteiger partial charge in [-0.15, -0.1) is 0 Å². The van der Waals surface area contributed by atoms with Crippen LogP contribution >= 0.6 is 11.6 Å². The largest absolute Gasteiger partial charge is 0.444 e. The Morgan fingerprint density at radius 2 is 2.27 bits per heavy atom. The van der Waals surface area contributed by atoms with E-state index in [2.05, 4.69) is 10.3 Å². The number of aromatic nitrogens is 1. The van der Waals surface area contributed by atoms with Gasteiger partial charge in [0.2, 0.25) is 0 Å². The number of rotatable bonds is 4. The van der Waals surface area contributed by atoms with Gasteiger partial charge in [0.15, 0.2) is 0 Å². The molecule has 1 N–H and O–H groups in total. The second kappa shape index (κ2) is 7.29. The van der Waals surface area contributed by atoms with Gasteiger partial charge in [0.25, 0.3) is 0 Å². The van der Waals surface area contributed by atoms with Gasteiger partial charge in [-0.1, -0.05) is 17.7 Å². The Kier molecular flexibility index (Phi) is 5.64. The number of likely N-dealkylation sites (tertiary alicyclic amines) is 1. The molecule has 22 heavy (non-hydrogen) atoms. The van der Waals surface area contributed by atoms with Gasteiger partial charge in [0, 0.05) is 31.9 Å². The van der Waals surface area contributed by atoms with Crippen LogP contribution in [0.3, 0.4) is 0 Å². The van der Waals surface area contributed by atoms with Gasteiger partial charge in [-0.3, -0.25) is 0 Å². The van der Waals surface area contributed by atoms with Crippen molar-refractivity contribution in [3.05, 3.63) is 29.0 Å². The molecule has 1 aliphatic heterocycles. The van der Waals surface area contributed by atoms with Crippen molar-refractivity contribution in [3.8, 4) is 0 Å². The van der Waals surface area contributed by atoms with Gasteiger partial charge >= 0.3 is 6.09 Å². The Bertz CT molecular complexity index is 499. The van der Waals surface area contributed by atoms with Crippen LogP contribution in [0.25, 0.3) is 0 Å². The van der Waals surface area contributed by atoms with E-state index in [4.69, 9.17) is 16.3 Å². The van der Waals surface area contributed by atoms with Crippen LogP contribution in [0.5, 0.6) is 0 Å². The fraction of sp³-hybridized carbons (Fsp3) is 0.625. The number of amides is 1. The number of nitrogens with zero attached hydrogens (tertiary/aromatic N) is 2. The molecule has 0 saturated carbocycles. The van der Waals surface area contributed by atoms with E-state index in [1.165, 1.54) is 0 Å². The molecule has 0 spiro atoms. The minimum Gasteiger partial charge on any atom is -0.444 e. The molecule has 1 saturated heterocycles. The molecule has 0 aromatic carbocycles. The van der Waals surface area contributed by atoms with Crippen LogP contribution < -0.4 is 5.32 Å². The van der Waals surface area contributed by atoms with Crippen molar-refractivity contribution < 1.29 is 9.53 Å². The number of carbonyl (C=O) groups excluding carboxylic acids is 1. The van der Waals surface area contributed by atoms with E-state index in [9.17, 15) is 4.79 Å². The summed E-state index contributed by atoms with van der Waals surface area (Å²) in [6.07, 6.45) is 3.57. The molecule has 0 unspecified atom stereocenters. The SMILES string of the molecule is CC(C)(C)OC(=O)N1CCC[C@@H]1CNCc1ccc(Cl)nc1. The molecule has 0 bridgehead atoms. The minimum absolute atomic E-state index is 0.190. The molecule has 1 atom stereocenters. The van der Waals surface area contributed by atoms with Gasteiger partial charge < -0.3 is 15.0 Å². The van der Waals surface area contributed by atoms with E-state index in [0.29, 0.717) is 11.7 Å². The second-order valence-electron chi connectivity index (χ2n) is 6.59. The van der Waals surface area contributed by atoms with E-state index < -0.39 is 5.60 Å². The topological polar surface area (TPSA) is 54.5 Å². The zero-order valence-corrected chi connectivity index (χ0v) is 14.2. The molecular formula is C16H24ClN3O2. The van der Waals surface area contributed by atoms with Crippen molar-refractivity contribution in [1.29, 1.82) is 0 Å². The third-order valence-corrected chi connectivity index (χ3v) is 3.73. The lowest BCUT2D eigenvalue weighted by Crippen LogP contribution is -2.44. The molecule has 0 radical (unpaired) electrons. The highest BCUT2D eigenvalue weighted by atomic mass is 35.5. The number of halogens is 1. The summed E-state index contributed by atoms with van der Waals surface area (Å²) >= 11 is 5.77. The highest BCUT2D eigenvalue weighted by Gasteiger charge is 2.31. The summed E-state index contributed by atoms with van der Waals surface area (Å²) in [6.45, 7) is 7.90. The molecule has 1 aromatic heterocycles. The molecule has 6 heteroatoms. The molecule has 122 valence electrons. The fourth-order valence-corrected chi connectivity index (χ4v) is 2.61. The molecular weight excluding hydrogens is 302 g/mol. The molecule has 1 amide bonds. The average Bonchev–Trinajstić information content (AvgIpc) is 2.88. The van der Waals surface area contributed by atoms with Crippen molar-refractivity contribution in [2.45, 2.75) is 51.8 Å². The monoisotopic (exact) mass is 325 g/mol. The van der Waals surface area contributed by atoms with Crippen LogP contribution in [0.4, 0.5) is 4.79 Å². The van der Waals surface area contributed by atoms with Crippen molar-refractivity contribution in [1.82, 2.24) is 15.2 Å². The number of hydrogen-bond donors (Lipinski definition) is 1. The summed E-state index contributed by atoms with van der Waals surface area (Å²) in [5.74, 6) is 0. The first-order valence-corrected chi connectivity index (χ1v) is 8.04. The van der Waals surface area contributed by atoms with E-state index in [1.807, 2.05) is 31.7 Å². The number of carbonyl (C=O) groups is 1. The Balaban J connectivity index is 1.81. The fourth-order valence-electron chi connectivity index (χ4n) is 2.50. The predicted molar refractivity (Wildman–Crippen MR) is 86.9 cm³/mol. The summed E-state index contributed by atoms with van der Waals surface area (Å²) in [7, 11) is 0. The summed E-state index contributed by atoms with van der Waals surface area (Å²) in [5.41, 5.74) is 0.623. The summed E-state index contributed by atoms with van der Waals surface area (Å²) in [5, 5.41) is 3.87. The number of hydrogen-bond acceptors (Lipinski definition) is 4. The lowest BCUT2D eigenvalue weighted by molar-refractivity contribution is 0.0226. The van der Waals surface area contributed by atoms with Crippen molar-refractivity contribution in [2.24, 2.45) is 0 Å². The third-order valence-electron chi connectivity index (χ3n) is 3.50. The normalized spacial score (nSPS) is 18.5. The lowest BCUT2D eigenvalue weighted by Gasteiger charge is -2.28. The average molecular weight is 326 g/mol. The molecule has 1 fully saturated rings. The highest BCUT2D eigenvalue weighted by molar-refractivity contribution is 6.29. The maximum Gasteiger partial charge on any atom is 0.410 e. The Morgan fingerprint density at radius 1 is 1.50 bits per heavy atom. The maximum absolute atomic E-state index is 12.2. The van der Waals surface area contributed by atoms with Crippen LogP contribution in [-0.4, -0.2) is 40.7 Å². The Morgan fingerprint density at radius 3 is 2.91 bits per heavy atom. The van der Waals surface area contributed by atoms with Crippen molar-refractivity contribution in [2.75, 3.05) is 13.1 Å². The van der Waals surface area contributed by atoms with Crippen LogP contribution in [0.15, 0.2) is 18.3 Å².